The van der Waals surface area contributed by atoms with Gasteiger partial charge in [-0.1, -0.05) is 30.3 Å². The van der Waals surface area contributed by atoms with Crippen LogP contribution in [-0.4, -0.2) is 16.7 Å². The first-order chi connectivity index (χ1) is 8.18. The molecule has 1 aromatic rings. The van der Waals surface area contributed by atoms with Crippen LogP contribution in [0, 0.1) is 16.0 Å². The van der Waals surface area contributed by atoms with E-state index in [2.05, 4.69) is 0 Å². The zero-order valence-electron chi connectivity index (χ0n) is 9.54. The van der Waals surface area contributed by atoms with Crippen LogP contribution in [-0.2, 0) is 0 Å². The topological polar surface area (TPSA) is 60.2 Å². The fourth-order valence-corrected chi connectivity index (χ4v) is 2.39. The molecule has 0 radical (unpaired) electrons. The summed E-state index contributed by atoms with van der Waals surface area (Å²) in [4.78, 5) is 22.5. The molecule has 0 aromatic heterocycles. The van der Waals surface area contributed by atoms with Crippen molar-refractivity contribution in [2.75, 3.05) is 0 Å². The number of rotatable bonds is 3. The summed E-state index contributed by atoms with van der Waals surface area (Å²) in [7, 11) is 0. The molecule has 90 valence electrons. The van der Waals surface area contributed by atoms with Gasteiger partial charge in [0.15, 0.2) is 5.78 Å². The zero-order chi connectivity index (χ0) is 12.3. The molecule has 0 bridgehead atoms. The van der Waals surface area contributed by atoms with Crippen LogP contribution in [0.3, 0.4) is 0 Å². The van der Waals surface area contributed by atoms with E-state index >= 15 is 0 Å². The van der Waals surface area contributed by atoms with Gasteiger partial charge in [0.2, 0.25) is 6.04 Å². The quantitative estimate of drug-likeness (QED) is 0.458. The molecule has 0 aliphatic heterocycles. The number of benzene rings is 1. The average Bonchev–Trinajstić information content (AvgIpc) is 2.39. The van der Waals surface area contributed by atoms with Gasteiger partial charge < -0.3 is 0 Å². The third kappa shape index (κ3) is 2.70. The standard InChI is InChI=1S/C13H15NO3/c15-13(10-4-2-1-3-5-10)11-6-8-12(9-7-11)14(16)17/h1-5,11-12H,6-9H2. The van der Waals surface area contributed by atoms with Gasteiger partial charge in [-0.2, -0.15) is 0 Å². The average molecular weight is 233 g/mol. The Hall–Kier alpha value is -1.71. The summed E-state index contributed by atoms with van der Waals surface area (Å²) in [6.07, 6.45) is 2.32. The van der Waals surface area contributed by atoms with E-state index in [-0.39, 0.29) is 16.6 Å². The molecule has 0 amide bonds. The van der Waals surface area contributed by atoms with Gasteiger partial charge in [-0.3, -0.25) is 14.9 Å². The highest BCUT2D eigenvalue weighted by atomic mass is 16.6. The third-order valence-corrected chi connectivity index (χ3v) is 3.42. The Labute approximate surface area is 99.8 Å². The molecule has 1 saturated carbocycles. The number of ketones is 1. The molecule has 4 nitrogen and oxygen atoms in total. The van der Waals surface area contributed by atoms with E-state index in [1.165, 1.54) is 0 Å². The number of Topliss-reactive ketones (excluding diaryl/α,β-unsaturated/α-hetero) is 1. The van der Waals surface area contributed by atoms with Crippen molar-refractivity contribution in [2.45, 2.75) is 31.7 Å². The fourth-order valence-electron chi connectivity index (χ4n) is 2.39. The highest BCUT2D eigenvalue weighted by molar-refractivity contribution is 5.97. The van der Waals surface area contributed by atoms with Crippen molar-refractivity contribution in [3.8, 4) is 0 Å². The van der Waals surface area contributed by atoms with Crippen LogP contribution >= 0.6 is 0 Å². The molecule has 17 heavy (non-hydrogen) atoms. The van der Waals surface area contributed by atoms with Gasteiger partial charge in [0.25, 0.3) is 0 Å². The second kappa shape index (κ2) is 5.08. The highest BCUT2D eigenvalue weighted by Gasteiger charge is 2.31. The minimum Gasteiger partial charge on any atom is -0.294 e. The first-order valence-electron chi connectivity index (χ1n) is 5.91. The summed E-state index contributed by atoms with van der Waals surface area (Å²) < 4.78 is 0. The largest absolute Gasteiger partial charge is 0.294 e. The van der Waals surface area contributed by atoms with Gasteiger partial charge in [-0.25, -0.2) is 0 Å². The fraction of sp³-hybridized carbons (Fsp3) is 0.462. The van der Waals surface area contributed by atoms with E-state index < -0.39 is 6.04 Å². The smallest absolute Gasteiger partial charge is 0.213 e. The van der Waals surface area contributed by atoms with Gasteiger partial charge >= 0.3 is 0 Å². The predicted molar refractivity (Wildman–Crippen MR) is 63.5 cm³/mol. The van der Waals surface area contributed by atoms with Crippen LogP contribution in [0.4, 0.5) is 0 Å². The lowest BCUT2D eigenvalue weighted by Gasteiger charge is -2.22. The minimum atomic E-state index is -0.449. The SMILES string of the molecule is O=C(c1ccccc1)C1CCC([N+](=O)[O-])CC1. The second-order valence-corrected chi connectivity index (χ2v) is 4.52. The molecule has 1 fully saturated rings. The normalized spacial score (nSPS) is 24.2. The van der Waals surface area contributed by atoms with Crippen LogP contribution in [0.1, 0.15) is 36.0 Å². The van der Waals surface area contributed by atoms with Crippen molar-refractivity contribution in [3.05, 3.63) is 46.0 Å². The Morgan fingerprint density at radius 2 is 1.71 bits per heavy atom. The summed E-state index contributed by atoms with van der Waals surface area (Å²) in [6.45, 7) is 0. The van der Waals surface area contributed by atoms with E-state index in [0.29, 0.717) is 25.7 Å². The second-order valence-electron chi connectivity index (χ2n) is 4.52. The molecule has 2 rings (SSSR count). The molecular weight excluding hydrogens is 218 g/mol. The Kier molecular flexibility index (Phi) is 3.52. The van der Waals surface area contributed by atoms with Crippen LogP contribution < -0.4 is 0 Å². The summed E-state index contributed by atoms with van der Waals surface area (Å²) in [5.41, 5.74) is 0.719. The maximum atomic E-state index is 12.1. The van der Waals surface area contributed by atoms with Crippen molar-refractivity contribution in [2.24, 2.45) is 5.92 Å². The van der Waals surface area contributed by atoms with Crippen LogP contribution in [0.15, 0.2) is 30.3 Å². The summed E-state index contributed by atoms with van der Waals surface area (Å²) >= 11 is 0. The Morgan fingerprint density at radius 3 is 2.24 bits per heavy atom. The van der Waals surface area contributed by atoms with Crippen LogP contribution in [0.2, 0.25) is 0 Å². The lowest BCUT2D eigenvalue weighted by Crippen LogP contribution is -2.29. The number of hydrogen-bond acceptors (Lipinski definition) is 3. The first-order valence-corrected chi connectivity index (χ1v) is 5.91. The van der Waals surface area contributed by atoms with E-state index in [9.17, 15) is 14.9 Å². The Bertz CT molecular complexity index is 408. The monoisotopic (exact) mass is 233 g/mol. The molecule has 1 aliphatic rings. The van der Waals surface area contributed by atoms with Crippen molar-refractivity contribution >= 4 is 5.78 Å². The van der Waals surface area contributed by atoms with E-state index in [0.717, 1.165) is 5.56 Å². The molecule has 0 unspecified atom stereocenters. The maximum Gasteiger partial charge on any atom is 0.213 e. The number of carbonyl (C=O) groups is 1. The Balaban J connectivity index is 1.98. The molecule has 1 aliphatic carbocycles. The first kappa shape index (κ1) is 11.8. The molecule has 0 atom stereocenters. The van der Waals surface area contributed by atoms with E-state index in [4.69, 9.17) is 0 Å². The molecule has 0 saturated heterocycles. The minimum absolute atomic E-state index is 0.0337. The molecule has 0 heterocycles. The van der Waals surface area contributed by atoms with E-state index in [1.807, 2.05) is 30.3 Å². The van der Waals surface area contributed by atoms with Gasteiger partial charge in [0, 0.05) is 29.2 Å². The molecule has 0 N–H and O–H groups in total. The zero-order valence-corrected chi connectivity index (χ0v) is 9.54. The number of hydrogen-bond donors (Lipinski definition) is 0. The lowest BCUT2D eigenvalue weighted by molar-refractivity contribution is -0.526. The molecule has 1 aromatic carbocycles. The summed E-state index contributed by atoms with van der Waals surface area (Å²) in [5, 5.41) is 10.6. The maximum absolute atomic E-state index is 12.1. The third-order valence-electron chi connectivity index (χ3n) is 3.42. The summed E-state index contributed by atoms with van der Waals surface area (Å²) in [5.74, 6) is 0.0981. The van der Waals surface area contributed by atoms with Gasteiger partial charge in [-0.15, -0.1) is 0 Å². The molecule has 4 heteroatoms. The Morgan fingerprint density at radius 1 is 1.12 bits per heavy atom. The van der Waals surface area contributed by atoms with E-state index in [1.54, 1.807) is 0 Å². The van der Waals surface area contributed by atoms with Crippen LogP contribution in [0.25, 0.3) is 0 Å². The number of nitrogens with zero attached hydrogens (tertiary/aromatic N) is 1. The van der Waals surface area contributed by atoms with Crippen LogP contribution in [0.5, 0.6) is 0 Å². The molecular formula is C13H15NO3. The predicted octanol–water partition coefficient (Wildman–Crippen LogP) is 2.70. The van der Waals surface area contributed by atoms with Gasteiger partial charge in [-0.05, 0) is 12.8 Å². The number of carbonyl (C=O) groups excluding carboxylic acids is 1. The summed E-state index contributed by atoms with van der Waals surface area (Å²) in [6, 6.07) is 8.73. The van der Waals surface area contributed by atoms with Crippen molar-refractivity contribution < 1.29 is 9.72 Å². The van der Waals surface area contributed by atoms with Crippen molar-refractivity contribution in [3.63, 3.8) is 0 Å². The highest BCUT2D eigenvalue weighted by Crippen LogP contribution is 2.28. The lowest BCUT2D eigenvalue weighted by atomic mass is 9.82. The molecule has 0 spiro atoms. The van der Waals surface area contributed by atoms with Gasteiger partial charge in [0.1, 0.15) is 0 Å². The van der Waals surface area contributed by atoms with Gasteiger partial charge in [0.05, 0.1) is 0 Å². The van der Waals surface area contributed by atoms with Crippen molar-refractivity contribution in [1.29, 1.82) is 0 Å². The van der Waals surface area contributed by atoms with Crippen molar-refractivity contribution in [1.82, 2.24) is 0 Å². The number of nitro groups is 1.